The molecule has 2 aromatic heterocycles. The molecule has 0 aliphatic carbocycles. The second kappa shape index (κ2) is 10.4. The maximum Gasteiger partial charge on any atom is 0.354 e. The molecule has 11 heteroatoms. The first kappa shape index (κ1) is 24.0. The number of carbonyl (C=O) groups is 2. The Balaban J connectivity index is 1.50. The Morgan fingerprint density at radius 1 is 0.833 bits per heavy atom. The highest BCUT2D eigenvalue weighted by atomic mass is 19.1. The van der Waals surface area contributed by atoms with Crippen molar-refractivity contribution in [2.24, 2.45) is 0 Å². The van der Waals surface area contributed by atoms with E-state index in [1.807, 2.05) is 0 Å². The van der Waals surface area contributed by atoms with E-state index in [9.17, 15) is 14.0 Å². The third-order valence-electron chi connectivity index (χ3n) is 4.85. The number of ether oxygens (including phenoxy) is 2. The zero-order valence-electron chi connectivity index (χ0n) is 18.9. The molecule has 0 spiro atoms. The summed E-state index contributed by atoms with van der Waals surface area (Å²) < 4.78 is 26.2. The minimum absolute atomic E-state index is 0.123. The van der Waals surface area contributed by atoms with Crippen molar-refractivity contribution >= 4 is 28.9 Å². The van der Waals surface area contributed by atoms with Gasteiger partial charge in [-0.1, -0.05) is 0 Å². The van der Waals surface area contributed by atoms with Gasteiger partial charge >= 0.3 is 5.97 Å². The molecule has 2 heterocycles. The fraction of sp³-hybridized carbons (Fsp3) is 0.0400. The number of carboxylic acids is 1. The molecule has 182 valence electrons. The minimum atomic E-state index is -1.20. The van der Waals surface area contributed by atoms with Crippen LogP contribution in [0.25, 0.3) is 0 Å². The summed E-state index contributed by atoms with van der Waals surface area (Å²) in [6.07, 6.45) is 2.73. The molecule has 0 atom stereocenters. The van der Waals surface area contributed by atoms with Gasteiger partial charge in [0.2, 0.25) is 0 Å². The number of nitrogen functional groups attached to an aromatic ring is 1. The van der Waals surface area contributed by atoms with E-state index in [4.69, 9.17) is 20.3 Å². The van der Waals surface area contributed by atoms with E-state index >= 15 is 0 Å². The van der Waals surface area contributed by atoms with Gasteiger partial charge < -0.3 is 30.9 Å². The third-order valence-corrected chi connectivity index (χ3v) is 4.85. The molecule has 2 aromatic carbocycles. The molecule has 0 aliphatic rings. The number of aromatic carboxylic acids is 1. The summed E-state index contributed by atoms with van der Waals surface area (Å²) in [6.45, 7) is 0. The Bertz CT molecular complexity index is 1450. The second-order valence-electron chi connectivity index (χ2n) is 7.36. The number of halogens is 1. The minimum Gasteiger partial charge on any atom is -0.477 e. The number of carbonyl (C=O) groups excluding carboxylic acids is 1. The van der Waals surface area contributed by atoms with Crippen LogP contribution < -0.4 is 25.8 Å². The number of aromatic nitrogens is 2. The Hall–Kier alpha value is -5.19. The number of pyridine rings is 2. The highest BCUT2D eigenvalue weighted by molar-refractivity contribution is 5.92. The van der Waals surface area contributed by atoms with E-state index in [0.717, 1.165) is 6.07 Å². The smallest absolute Gasteiger partial charge is 0.354 e. The summed E-state index contributed by atoms with van der Waals surface area (Å²) in [6, 6.07) is 14.7. The number of anilines is 3. The van der Waals surface area contributed by atoms with Crippen molar-refractivity contribution in [3.8, 4) is 23.0 Å². The van der Waals surface area contributed by atoms with Gasteiger partial charge in [-0.2, -0.15) is 0 Å². The monoisotopic (exact) mass is 489 g/mol. The predicted octanol–water partition coefficient (Wildman–Crippen LogP) is 4.58. The van der Waals surface area contributed by atoms with E-state index in [2.05, 4.69) is 20.6 Å². The lowest BCUT2D eigenvalue weighted by Gasteiger charge is -2.14. The first-order chi connectivity index (χ1) is 17.3. The van der Waals surface area contributed by atoms with Crippen LogP contribution in [0.5, 0.6) is 23.0 Å². The summed E-state index contributed by atoms with van der Waals surface area (Å²) in [5.41, 5.74) is 6.91. The molecule has 4 rings (SSSR count). The molecule has 0 aliphatic heterocycles. The third kappa shape index (κ3) is 5.65. The summed E-state index contributed by atoms with van der Waals surface area (Å²) in [5.74, 6) is -1.04. The van der Waals surface area contributed by atoms with Crippen LogP contribution in [0.15, 0.2) is 73.1 Å². The molecule has 5 N–H and O–H groups in total. The predicted molar refractivity (Wildman–Crippen MR) is 130 cm³/mol. The Kier molecular flexibility index (Phi) is 6.91. The van der Waals surface area contributed by atoms with Crippen LogP contribution in [0.1, 0.15) is 21.0 Å². The summed E-state index contributed by atoms with van der Waals surface area (Å²) in [5, 5.41) is 14.5. The second-order valence-corrected chi connectivity index (χ2v) is 7.36. The molecule has 0 radical (unpaired) electrons. The molecule has 0 saturated carbocycles. The standard InChI is InChI=1S/C25H20FN5O5/c1-28-24(32)22-12-16(6-8-29-22)36-15-2-4-19(27)21(11-15)31-20-5-3-14(10-18(20)26)35-17-7-9-30-23(13-17)25(33)34/h2-13,31H,27H2,1H3,(H,28,32)(H,33,34). The zero-order valence-corrected chi connectivity index (χ0v) is 18.9. The summed E-state index contributed by atoms with van der Waals surface area (Å²) in [4.78, 5) is 30.6. The van der Waals surface area contributed by atoms with Crippen LogP contribution in [-0.4, -0.2) is 34.0 Å². The SMILES string of the molecule is CNC(=O)c1cc(Oc2ccc(N)c(Nc3ccc(Oc4ccnc(C(=O)O)c4)cc3F)c2)ccn1. The normalized spacial score (nSPS) is 10.4. The van der Waals surface area contributed by atoms with E-state index < -0.39 is 11.8 Å². The number of amides is 1. The molecule has 1 amide bonds. The van der Waals surface area contributed by atoms with Crippen LogP contribution in [-0.2, 0) is 0 Å². The van der Waals surface area contributed by atoms with Gasteiger partial charge in [0, 0.05) is 43.7 Å². The largest absolute Gasteiger partial charge is 0.477 e. The van der Waals surface area contributed by atoms with E-state index in [1.165, 1.54) is 49.8 Å². The molecular formula is C25H20FN5O5. The van der Waals surface area contributed by atoms with Gasteiger partial charge in [0.25, 0.3) is 5.91 Å². The molecule has 10 nitrogen and oxygen atoms in total. The van der Waals surface area contributed by atoms with E-state index in [1.54, 1.807) is 24.3 Å². The van der Waals surface area contributed by atoms with Crippen LogP contribution in [0.3, 0.4) is 0 Å². The van der Waals surface area contributed by atoms with Gasteiger partial charge in [0.15, 0.2) is 5.69 Å². The van der Waals surface area contributed by atoms with Crippen molar-refractivity contribution in [1.82, 2.24) is 15.3 Å². The summed E-state index contributed by atoms with van der Waals surface area (Å²) >= 11 is 0. The number of nitrogens with two attached hydrogens (primary N) is 1. The van der Waals surface area contributed by atoms with Gasteiger partial charge in [-0.05, 0) is 36.4 Å². The van der Waals surface area contributed by atoms with Gasteiger partial charge in [-0.15, -0.1) is 0 Å². The highest BCUT2D eigenvalue weighted by Crippen LogP contribution is 2.33. The topological polar surface area (TPSA) is 149 Å². The first-order valence-corrected chi connectivity index (χ1v) is 10.5. The van der Waals surface area contributed by atoms with Gasteiger partial charge in [-0.3, -0.25) is 9.78 Å². The fourth-order valence-corrected chi connectivity index (χ4v) is 3.10. The van der Waals surface area contributed by atoms with Crippen molar-refractivity contribution in [3.63, 3.8) is 0 Å². The molecule has 36 heavy (non-hydrogen) atoms. The highest BCUT2D eigenvalue weighted by Gasteiger charge is 2.12. The van der Waals surface area contributed by atoms with Crippen molar-refractivity contribution in [2.75, 3.05) is 18.1 Å². The lowest BCUT2D eigenvalue weighted by Crippen LogP contribution is -2.18. The summed E-state index contributed by atoms with van der Waals surface area (Å²) in [7, 11) is 1.50. The van der Waals surface area contributed by atoms with Gasteiger partial charge in [0.05, 0.1) is 17.1 Å². The maximum atomic E-state index is 14.8. The number of hydrogen-bond acceptors (Lipinski definition) is 8. The molecule has 0 saturated heterocycles. The average Bonchev–Trinajstić information content (AvgIpc) is 2.87. The Morgan fingerprint density at radius 2 is 1.42 bits per heavy atom. The average molecular weight is 489 g/mol. The molecule has 0 fully saturated rings. The lowest BCUT2D eigenvalue weighted by atomic mass is 10.2. The number of nitrogens with zero attached hydrogens (tertiary/aromatic N) is 2. The Morgan fingerprint density at radius 3 is 2.06 bits per heavy atom. The number of rotatable bonds is 8. The molecule has 0 unspecified atom stereocenters. The van der Waals surface area contributed by atoms with Gasteiger partial charge in [-0.25, -0.2) is 14.2 Å². The number of carboxylic acid groups (broad SMARTS) is 1. The van der Waals surface area contributed by atoms with Crippen LogP contribution >= 0.6 is 0 Å². The van der Waals surface area contributed by atoms with Gasteiger partial charge in [0.1, 0.15) is 34.5 Å². The van der Waals surface area contributed by atoms with Crippen molar-refractivity contribution in [2.45, 2.75) is 0 Å². The molecule has 0 bridgehead atoms. The molecule has 4 aromatic rings. The van der Waals surface area contributed by atoms with Crippen LogP contribution in [0, 0.1) is 5.82 Å². The number of nitrogens with one attached hydrogen (secondary N) is 2. The van der Waals surface area contributed by atoms with E-state index in [0.29, 0.717) is 22.9 Å². The van der Waals surface area contributed by atoms with Crippen molar-refractivity contribution in [3.05, 3.63) is 90.3 Å². The maximum absolute atomic E-state index is 14.8. The van der Waals surface area contributed by atoms with Crippen LogP contribution in [0.4, 0.5) is 21.5 Å². The number of benzene rings is 2. The fourth-order valence-electron chi connectivity index (χ4n) is 3.10. The van der Waals surface area contributed by atoms with Crippen molar-refractivity contribution < 1.29 is 28.6 Å². The first-order valence-electron chi connectivity index (χ1n) is 10.5. The van der Waals surface area contributed by atoms with E-state index in [-0.39, 0.29) is 34.5 Å². The Labute approximate surface area is 204 Å². The lowest BCUT2D eigenvalue weighted by molar-refractivity contribution is 0.0689. The van der Waals surface area contributed by atoms with Crippen LogP contribution in [0.2, 0.25) is 0 Å². The quantitative estimate of drug-likeness (QED) is 0.261. The molecular weight excluding hydrogens is 469 g/mol. The number of hydrogen-bond donors (Lipinski definition) is 4. The zero-order chi connectivity index (χ0) is 25.7. The van der Waals surface area contributed by atoms with Crippen molar-refractivity contribution in [1.29, 1.82) is 0 Å².